The number of anilines is 1. The third kappa shape index (κ3) is 5.08. The number of hydrogen-bond donors (Lipinski definition) is 3. The first-order valence-electron chi connectivity index (χ1n) is 8.85. The maximum Gasteiger partial charge on any atom is 0.319 e. The van der Waals surface area contributed by atoms with E-state index in [1.54, 1.807) is 0 Å². The molecule has 0 aliphatic carbocycles. The number of carbonyl (C=O) groups excluding carboxylic acids is 2. The Bertz CT molecular complexity index is 616. The van der Waals surface area contributed by atoms with Gasteiger partial charge in [-0.3, -0.25) is 4.79 Å². The van der Waals surface area contributed by atoms with Gasteiger partial charge in [-0.25, -0.2) is 9.18 Å². The molecule has 0 saturated carbocycles. The summed E-state index contributed by atoms with van der Waals surface area (Å²) in [5.74, 6) is 0.396. The Morgan fingerprint density at radius 2 is 1.81 bits per heavy atom. The molecule has 1 aromatic rings. The van der Waals surface area contributed by atoms with E-state index in [2.05, 4.69) is 16.0 Å². The first kappa shape index (κ1) is 20.5. The Balaban J connectivity index is 0.00000243. The molecule has 2 aliphatic rings. The van der Waals surface area contributed by atoms with Gasteiger partial charge in [0.15, 0.2) is 0 Å². The van der Waals surface area contributed by atoms with Crippen LogP contribution in [0.1, 0.15) is 19.8 Å². The molecule has 3 N–H and O–H groups in total. The van der Waals surface area contributed by atoms with Crippen LogP contribution in [0.2, 0.25) is 0 Å². The molecule has 144 valence electrons. The van der Waals surface area contributed by atoms with Gasteiger partial charge < -0.3 is 20.9 Å². The van der Waals surface area contributed by atoms with Gasteiger partial charge in [0.2, 0.25) is 5.91 Å². The number of piperidine rings is 1. The fourth-order valence-corrected chi connectivity index (χ4v) is 3.28. The molecule has 0 radical (unpaired) electrons. The second kappa shape index (κ2) is 9.19. The van der Waals surface area contributed by atoms with Crippen molar-refractivity contribution in [3.05, 3.63) is 30.1 Å². The van der Waals surface area contributed by atoms with Crippen LogP contribution in [0, 0.1) is 17.7 Å². The lowest BCUT2D eigenvalue weighted by Gasteiger charge is -2.38. The maximum absolute atomic E-state index is 12.9. The van der Waals surface area contributed by atoms with Crippen molar-refractivity contribution in [2.75, 3.05) is 31.5 Å². The minimum Gasteiger partial charge on any atom is -0.342 e. The van der Waals surface area contributed by atoms with E-state index >= 15 is 0 Å². The third-order valence-corrected chi connectivity index (χ3v) is 5.15. The normalized spacial score (nSPS) is 19.1. The van der Waals surface area contributed by atoms with E-state index in [1.807, 2.05) is 11.8 Å². The molecule has 8 heteroatoms. The zero-order chi connectivity index (χ0) is 17.8. The summed E-state index contributed by atoms with van der Waals surface area (Å²) in [6.45, 7) is 5.20. The fraction of sp³-hybridized carbons (Fsp3) is 0.556. The second-order valence-electron chi connectivity index (χ2n) is 6.91. The first-order chi connectivity index (χ1) is 12.0. The molecule has 0 bridgehead atoms. The van der Waals surface area contributed by atoms with E-state index in [0.29, 0.717) is 24.7 Å². The summed E-state index contributed by atoms with van der Waals surface area (Å²) in [4.78, 5) is 26.4. The summed E-state index contributed by atoms with van der Waals surface area (Å²) >= 11 is 0. The van der Waals surface area contributed by atoms with Crippen LogP contribution in [0.25, 0.3) is 0 Å². The minimum atomic E-state index is -0.338. The molecule has 2 aliphatic heterocycles. The van der Waals surface area contributed by atoms with E-state index in [-0.39, 0.29) is 42.1 Å². The van der Waals surface area contributed by atoms with Crippen LogP contribution in [0.15, 0.2) is 24.3 Å². The molecule has 2 heterocycles. The molecule has 3 rings (SSSR count). The number of halogens is 2. The highest BCUT2D eigenvalue weighted by Gasteiger charge is 2.33. The van der Waals surface area contributed by atoms with E-state index in [0.717, 1.165) is 25.9 Å². The van der Waals surface area contributed by atoms with Crippen molar-refractivity contribution in [2.45, 2.75) is 25.8 Å². The highest BCUT2D eigenvalue weighted by Crippen LogP contribution is 2.21. The zero-order valence-electron chi connectivity index (χ0n) is 14.8. The highest BCUT2D eigenvalue weighted by molar-refractivity contribution is 5.89. The number of rotatable bonds is 4. The van der Waals surface area contributed by atoms with Crippen LogP contribution in [0.3, 0.4) is 0 Å². The molecule has 0 aromatic heterocycles. The van der Waals surface area contributed by atoms with E-state index < -0.39 is 0 Å². The zero-order valence-corrected chi connectivity index (χ0v) is 15.7. The third-order valence-electron chi connectivity index (χ3n) is 5.15. The highest BCUT2D eigenvalue weighted by atomic mass is 35.5. The van der Waals surface area contributed by atoms with Gasteiger partial charge in [-0.1, -0.05) is 6.92 Å². The van der Waals surface area contributed by atoms with Crippen LogP contribution >= 0.6 is 12.4 Å². The van der Waals surface area contributed by atoms with Crippen LogP contribution in [-0.2, 0) is 4.79 Å². The summed E-state index contributed by atoms with van der Waals surface area (Å²) in [7, 11) is 0. The Hall–Kier alpha value is -1.86. The molecule has 26 heavy (non-hydrogen) atoms. The van der Waals surface area contributed by atoms with Gasteiger partial charge in [-0.05, 0) is 56.1 Å². The molecule has 1 aromatic carbocycles. The number of hydrogen-bond acceptors (Lipinski definition) is 3. The summed E-state index contributed by atoms with van der Waals surface area (Å²) in [5, 5.41) is 8.82. The van der Waals surface area contributed by atoms with Gasteiger partial charge in [0, 0.05) is 30.7 Å². The predicted octanol–water partition coefficient (Wildman–Crippen LogP) is 2.22. The number of nitrogens with one attached hydrogen (secondary N) is 3. The number of likely N-dealkylation sites (tertiary alicyclic amines) is 1. The molecule has 2 fully saturated rings. The quantitative estimate of drug-likeness (QED) is 0.745. The van der Waals surface area contributed by atoms with Crippen molar-refractivity contribution in [1.82, 2.24) is 15.5 Å². The van der Waals surface area contributed by atoms with Gasteiger partial charge in [0.1, 0.15) is 5.82 Å². The van der Waals surface area contributed by atoms with E-state index in [1.165, 1.54) is 24.3 Å². The lowest BCUT2D eigenvalue weighted by atomic mass is 9.87. The number of amides is 3. The summed E-state index contributed by atoms with van der Waals surface area (Å²) in [6, 6.07) is 5.40. The topological polar surface area (TPSA) is 73.5 Å². The van der Waals surface area contributed by atoms with Crippen molar-refractivity contribution in [3.8, 4) is 0 Å². The lowest BCUT2D eigenvalue weighted by molar-refractivity contribution is -0.138. The SMILES string of the molecule is CC(C(=O)N1CCC(NC(=O)Nc2ccc(F)cc2)CC1)C1CNC1.Cl. The Morgan fingerprint density at radius 1 is 1.19 bits per heavy atom. The van der Waals surface area contributed by atoms with Crippen LogP contribution < -0.4 is 16.0 Å². The summed E-state index contributed by atoms with van der Waals surface area (Å²) in [5.41, 5.74) is 0.550. The predicted molar refractivity (Wildman–Crippen MR) is 101 cm³/mol. The average Bonchev–Trinajstić information content (AvgIpc) is 2.55. The number of carbonyl (C=O) groups is 2. The second-order valence-corrected chi connectivity index (χ2v) is 6.91. The maximum atomic E-state index is 12.9. The summed E-state index contributed by atoms with van der Waals surface area (Å²) in [6.07, 6.45) is 1.50. The number of urea groups is 1. The van der Waals surface area contributed by atoms with Crippen LogP contribution in [-0.4, -0.2) is 49.1 Å². The first-order valence-corrected chi connectivity index (χ1v) is 8.85. The molecule has 2 saturated heterocycles. The molecule has 0 spiro atoms. The molecule has 3 amide bonds. The number of benzene rings is 1. The summed E-state index contributed by atoms with van der Waals surface area (Å²) < 4.78 is 12.9. The average molecular weight is 385 g/mol. The van der Waals surface area contributed by atoms with Gasteiger partial charge in [-0.15, -0.1) is 12.4 Å². The minimum absolute atomic E-state index is 0. The van der Waals surface area contributed by atoms with Gasteiger partial charge in [-0.2, -0.15) is 0 Å². The largest absolute Gasteiger partial charge is 0.342 e. The molecular formula is C18H26ClFN4O2. The Kier molecular flexibility index (Phi) is 7.23. The number of nitrogens with zero attached hydrogens (tertiary/aromatic N) is 1. The van der Waals surface area contributed by atoms with Crippen molar-refractivity contribution in [3.63, 3.8) is 0 Å². The molecular weight excluding hydrogens is 359 g/mol. The van der Waals surface area contributed by atoms with Crippen molar-refractivity contribution >= 4 is 30.0 Å². The van der Waals surface area contributed by atoms with Gasteiger partial charge in [0.05, 0.1) is 0 Å². The Morgan fingerprint density at radius 3 is 2.35 bits per heavy atom. The van der Waals surface area contributed by atoms with Gasteiger partial charge >= 0.3 is 6.03 Å². The van der Waals surface area contributed by atoms with Crippen molar-refractivity contribution in [1.29, 1.82) is 0 Å². The van der Waals surface area contributed by atoms with Crippen LogP contribution in [0.4, 0.5) is 14.9 Å². The van der Waals surface area contributed by atoms with Crippen molar-refractivity contribution in [2.24, 2.45) is 11.8 Å². The smallest absolute Gasteiger partial charge is 0.319 e. The lowest BCUT2D eigenvalue weighted by Crippen LogP contribution is -2.53. The van der Waals surface area contributed by atoms with E-state index in [9.17, 15) is 14.0 Å². The molecule has 6 nitrogen and oxygen atoms in total. The standard InChI is InChI=1S/C18H25FN4O2.ClH/c1-12(13-10-20-11-13)17(24)23-8-6-16(7-9-23)22-18(25)21-15-4-2-14(19)3-5-15;/h2-5,12-13,16,20H,6-11H2,1H3,(H2,21,22,25);1H. The van der Waals surface area contributed by atoms with Gasteiger partial charge in [0.25, 0.3) is 0 Å². The monoisotopic (exact) mass is 384 g/mol. The fourth-order valence-electron chi connectivity index (χ4n) is 3.28. The van der Waals surface area contributed by atoms with Crippen molar-refractivity contribution < 1.29 is 14.0 Å². The van der Waals surface area contributed by atoms with Crippen LogP contribution in [0.5, 0.6) is 0 Å². The van der Waals surface area contributed by atoms with E-state index in [4.69, 9.17) is 0 Å². The Labute approximate surface area is 159 Å². The molecule has 1 unspecified atom stereocenters. The molecule has 1 atom stereocenters.